The van der Waals surface area contributed by atoms with Crippen LogP contribution in [0.4, 0.5) is 0 Å². The summed E-state index contributed by atoms with van der Waals surface area (Å²) in [6.45, 7) is 1.86. The zero-order valence-electron chi connectivity index (χ0n) is 19.8. The minimum absolute atomic E-state index is 0.128. The van der Waals surface area contributed by atoms with Gasteiger partial charge in [-0.2, -0.15) is 0 Å². The molecule has 34 heavy (non-hydrogen) atoms. The van der Waals surface area contributed by atoms with Crippen LogP contribution in [0.2, 0.25) is 5.02 Å². The summed E-state index contributed by atoms with van der Waals surface area (Å²) >= 11 is 6.56. The summed E-state index contributed by atoms with van der Waals surface area (Å²) in [5, 5.41) is 14.0. The number of ether oxygens (including phenoxy) is 4. The number of nitrogens with zero attached hydrogens (tertiary/aromatic N) is 1. The largest absolute Gasteiger partial charge is 0.496 e. The van der Waals surface area contributed by atoms with Crippen molar-refractivity contribution in [1.29, 1.82) is 0 Å². The van der Waals surface area contributed by atoms with E-state index in [0.717, 1.165) is 11.3 Å². The van der Waals surface area contributed by atoms with Crippen molar-refractivity contribution in [2.45, 2.75) is 37.1 Å². The van der Waals surface area contributed by atoms with Crippen LogP contribution in [0, 0.1) is 11.8 Å². The highest BCUT2D eigenvalue weighted by Crippen LogP contribution is 2.56. The van der Waals surface area contributed by atoms with E-state index in [1.54, 1.807) is 13.2 Å². The maximum Gasteiger partial charge on any atom is 0.180 e. The first-order valence-electron chi connectivity index (χ1n) is 11.2. The standard InChI is InChI=1S/C25H29ClN2O6/c1-25-11-13-17(21(28(2)27-13)12-8-6-7-9-14(12)31-3)22(29)19(25)23(30)18-15(32-4)10-16(33-5)20(26)24(18)34-25/h6-10,13,17,19,21-22,27,29H,11H2,1-5H3/t13?,17?,19-,21?,22-,25+/m1/s1. The molecule has 2 aliphatic heterocycles. The van der Waals surface area contributed by atoms with Gasteiger partial charge >= 0.3 is 0 Å². The molecule has 2 fully saturated rings. The Hall–Kier alpha value is -2.52. The molecule has 2 aromatic rings. The summed E-state index contributed by atoms with van der Waals surface area (Å²) in [7, 11) is 6.54. The average molecular weight is 489 g/mol. The summed E-state index contributed by atoms with van der Waals surface area (Å²) in [6.07, 6.45) is -0.487. The first kappa shape index (κ1) is 23.2. The summed E-state index contributed by atoms with van der Waals surface area (Å²) in [4.78, 5) is 14.0. The van der Waals surface area contributed by atoms with E-state index in [-0.39, 0.29) is 40.1 Å². The molecule has 9 heteroatoms. The average Bonchev–Trinajstić information content (AvgIpc) is 3.14. The Morgan fingerprint density at radius 1 is 1.15 bits per heavy atom. The number of hydrazine groups is 1. The van der Waals surface area contributed by atoms with Crippen molar-refractivity contribution in [2.75, 3.05) is 28.4 Å². The maximum absolute atomic E-state index is 14.0. The number of nitrogens with one attached hydrogen (secondary N) is 1. The second kappa shape index (κ2) is 8.30. The van der Waals surface area contributed by atoms with E-state index in [2.05, 4.69) is 5.43 Å². The number of hydrogen-bond acceptors (Lipinski definition) is 8. The third-order valence-electron chi connectivity index (χ3n) is 7.55. The second-order valence-corrected chi connectivity index (χ2v) is 9.74. The third kappa shape index (κ3) is 3.20. The van der Waals surface area contributed by atoms with Gasteiger partial charge in [0.15, 0.2) is 11.5 Å². The molecule has 2 heterocycles. The lowest BCUT2D eigenvalue weighted by atomic mass is 9.62. The predicted molar refractivity (Wildman–Crippen MR) is 126 cm³/mol. The molecular formula is C25H29ClN2O6. The van der Waals surface area contributed by atoms with Crippen molar-refractivity contribution in [1.82, 2.24) is 10.4 Å². The number of methoxy groups -OCH3 is 3. The SMILES string of the molecule is COc1ccccc1C1C2C(C[C@]3(C)Oc4c(Cl)c(OC)cc(OC)c4C(=O)[C@H]3[C@@H]2O)NN1C. The Morgan fingerprint density at radius 2 is 1.82 bits per heavy atom. The van der Waals surface area contributed by atoms with Crippen molar-refractivity contribution in [3.8, 4) is 23.0 Å². The van der Waals surface area contributed by atoms with E-state index in [9.17, 15) is 9.90 Å². The summed E-state index contributed by atoms with van der Waals surface area (Å²) in [5.41, 5.74) is 3.70. The van der Waals surface area contributed by atoms with Gasteiger partial charge in [0.2, 0.25) is 0 Å². The van der Waals surface area contributed by atoms with E-state index in [1.807, 2.05) is 43.2 Å². The molecule has 1 saturated heterocycles. The molecule has 5 rings (SSSR count). The van der Waals surface area contributed by atoms with Crippen molar-refractivity contribution < 1.29 is 28.8 Å². The number of carbonyl (C=O) groups is 1. The Morgan fingerprint density at radius 3 is 2.50 bits per heavy atom. The molecule has 6 atom stereocenters. The molecule has 2 N–H and O–H groups in total. The molecule has 0 radical (unpaired) electrons. The van der Waals surface area contributed by atoms with Crippen LogP contribution in [-0.2, 0) is 0 Å². The molecule has 8 nitrogen and oxygen atoms in total. The second-order valence-electron chi connectivity index (χ2n) is 9.36. The van der Waals surface area contributed by atoms with Crippen molar-refractivity contribution in [3.63, 3.8) is 0 Å². The Bertz CT molecular complexity index is 1140. The van der Waals surface area contributed by atoms with Crippen LogP contribution in [0.3, 0.4) is 0 Å². The van der Waals surface area contributed by atoms with E-state index in [0.29, 0.717) is 17.9 Å². The zero-order chi connectivity index (χ0) is 24.4. The van der Waals surface area contributed by atoms with Gasteiger partial charge in [-0.1, -0.05) is 29.8 Å². The van der Waals surface area contributed by atoms with Crippen molar-refractivity contribution >= 4 is 17.4 Å². The van der Waals surface area contributed by atoms with Crippen molar-refractivity contribution in [3.05, 3.63) is 46.5 Å². The van der Waals surface area contributed by atoms with E-state index in [1.165, 1.54) is 14.2 Å². The number of rotatable bonds is 4. The van der Waals surface area contributed by atoms with Gasteiger partial charge in [-0.25, -0.2) is 5.01 Å². The molecule has 1 aliphatic carbocycles. The minimum atomic E-state index is -0.984. The lowest BCUT2D eigenvalue weighted by molar-refractivity contribution is -0.0981. The zero-order valence-corrected chi connectivity index (χ0v) is 20.6. The quantitative estimate of drug-likeness (QED) is 0.678. The Balaban J connectivity index is 1.61. The first-order chi connectivity index (χ1) is 16.3. The van der Waals surface area contributed by atoms with Gasteiger partial charge < -0.3 is 24.1 Å². The number of aliphatic hydroxyl groups excluding tert-OH is 1. The fraction of sp³-hybridized carbons (Fsp3) is 0.480. The van der Waals surface area contributed by atoms with E-state index < -0.39 is 17.6 Å². The number of Topliss-reactive ketones (excluding diaryl/α,β-unsaturated/α-hetero) is 1. The molecule has 0 aromatic heterocycles. The molecule has 3 unspecified atom stereocenters. The smallest absolute Gasteiger partial charge is 0.180 e. The van der Waals surface area contributed by atoms with Crippen molar-refractivity contribution in [2.24, 2.45) is 11.8 Å². The molecular weight excluding hydrogens is 460 g/mol. The monoisotopic (exact) mass is 488 g/mol. The third-order valence-corrected chi connectivity index (χ3v) is 7.91. The van der Waals surface area contributed by atoms with Crippen LogP contribution >= 0.6 is 11.6 Å². The number of fused-ring (bicyclic) bond motifs is 3. The van der Waals surface area contributed by atoms with Gasteiger partial charge in [0.25, 0.3) is 0 Å². The highest BCUT2D eigenvalue weighted by molar-refractivity contribution is 6.34. The molecule has 0 bridgehead atoms. The highest BCUT2D eigenvalue weighted by Gasteiger charge is 2.62. The van der Waals surface area contributed by atoms with E-state index >= 15 is 0 Å². The molecule has 2 aromatic carbocycles. The van der Waals surface area contributed by atoms with Gasteiger partial charge in [0.1, 0.15) is 33.4 Å². The maximum atomic E-state index is 14.0. The number of para-hydroxylation sites is 1. The summed E-state index contributed by atoms with van der Waals surface area (Å²) in [6, 6.07) is 9.01. The van der Waals surface area contributed by atoms with Crippen LogP contribution in [0.5, 0.6) is 23.0 Å². The fourth-order valence-electron chi connectivity index (χ4n) is 6.14. The lowest BCUT2D eigenvalue weighted by Gasteiger charge is -2.51. The van der Waals surface area contributed by atoms with Gasteiger partial charge in [-0.05, 0) is 13.0 Å². The Labute approximate surface area is 203 Å². The lowest BCUT2D eigenvalue weighted by Crippen LogP contribution is -2.63. The number of carbonyl (C=O) groups excluding carboxylic acids is 1. The number of ketones is 1. The number of benzene rings is 2. The molecule has 182 valence electrons. The minimum Gasteiger partial charge on any atom is -0.496 e. The van der Waals surface area contributed by atoms with Crippen LogP contribution in [0.25, 0.3) is 0 Å². The normalized spacial score (nSPS) is 32.3. The summed E-state index contributed by atoms with van der Waals surface area (Å²) < 4.78 is 22.9. The number of hydrogen-bond donors (Lipinski definition) is 2. The van der Waals surface area contributed by atoms with Gasteiger partial charge in [-0.15, -0.1) is 0 Å². The first-order valence-corrected chi connectivity index (χ1v) is 11.6. The van der Waals surface area contributed by atoms with Gasteiger partial charge in [0, 0.05) is 37.1 Å². The molecule has 0 spiro atoms. The van der Waals surface area contributed by atoms with Crippen LogP contribution in [-0.4, -0.2) is 62.0 Å². The van der Waals surface area contributed by atoms with Gasteiger partial charge in [-0.3, -0.25) is 10.2 Å². The molecule has 0 amide bonds. The molecule has 3 aliphatic rings. The number of halogens is 1. The van der Waals surface area contributed by atoms with Crippen LogP contribution < -0.4 is 24.4 Å². The van der Waals surface area contributed by atoms with Crippen LogP contribution in [0.1, 0.15) is 35.3 Å². The van der Waals surface area contributed by atoms with E-state index in [4.69, 9.17) is 30.5 Å². The Kier molecular flexibility index (Phi) is 5.67. The molecule has 1 saturated carbocycles. The topological polar surface area (TPSA) is 89.5 Å². The predicted octanol–water partition coefficient (Wildman–Crippen LogP) is 3.26. The fourth-order valence-corrected chi connectivity index (χ4v) is 6.40. The summed E-state index contributed by atoms with van der Waals surface area (Å²) in [5.74, 6) is 0.318. The number of aliphatic hydroxyl groups is 1. The highest BCUT2D eigenvalue weighted by atomic mass is 35.5. The van der Waals surface area contributed by atoms with Gasteiger partial charge in [0.05, 0.1) is 39.4 Å². The van der Waals surface area contributed by atoms with Crippen LogP contribution in [0.15, 0.2) is 30.3 Å².